The summed E-state index contributed by atoms with van der Waals surface area (Å²) in [6.07, 6.45) is 1.75. The number of anilines is 2. The largest absolute Gasteiger partial charge is 0.454 e. The van der Waals surface area contributed by atoms with E-state index in [0.29, 0.717) is 11.7 Å². The first kappa shape index (κ1) is 14.0. The van der Waals surface area contributed by atoms with E-state index in [1.807, 2.05) is 24.0 Å². The molecule has 0 spiro atoms. The zero-order valence-corrected chi connectivity index (χ0v) is 12.8. The molecular weight excluding hydrogens is 268 g/mol. The van der Waals surface area contributed by atoms with E-state index in [2.05, 4.69) is 19.2 Å². The van der Waals surface area contributed by atoms with Crippen molar-refractivity contribution in [2.24, 2.45) is 5.92 Å². The molecule has 0 bridgehead atoms. The Bertz CT molecular complexity index is 557. The molecule has 5 heteroatoms. The summed E-state index contributed by atoms with van der Waals surface area (Å²) in [6, 6.07) is 3.69. The summed E-state index contributed by atoms with van der Waals surface area (Å²) >= 11 is 0. The van der Waals surface area contributed by atoms with Gasteiger partial charge in [0.05, 0.1) is 11.4 Å². The van der Waals surface area contributed by atoms with Crippen LogP contribution in [0.1, 0.15) is 33.6 Å². The molecule has 1 aromatic carbocycles. The van der Waals surface area contributed by atoms with Crippen LogP contribution in [0.5, 0.6) is 11.5 Å². The molecule has 0 aromatic heterocycles. The summed E-state index contributed by atoms with van der Waals surface area (Å²) in [5, 5.41) is 3.32. The van der Waals surface area contributed by atoms with Gasteiger partial charge in [-0.25, -0.2) is 0 Å². The summed E-state index contributed by atoms with van der Waals surface area (Å²) in [4.78, 5) is 14.5. The van der Waals surface area contributed by atoms with E-state index in [1.165, 1.54) is 0 Å². The van der Waals surface area contributed by atoms with Crippen molar-refractivity contribution in [1.82, 2.24) is 0 Å². The first-order valence-corrected chi connectivity index (χ1v) is 7.61. The van der Waals surface area contributed by atoms with Crippen molar-refractivity contribution >= 4 is 17.3 Å². The number of ether oxygens (including phenoxy) is 2. The maximum Gasteiger partial charge on any atom is 0.249 e. The Hall–Kier alpha value is -1.91. The summed E-state index contributed by atoms with van der Waals surface area (Å²) < 4.78 is 10.9. The molecule has 21 heavy (non-hydrogen) atoms. The quantitative estimate of drug-likeness (QED) is 0.926. The Kier molecular flexibility index (Phi) is 3.66. The number of fused-ring (bicyclic) bond motifs is 2. The first-order chi connectivity index (χ1) is 10.1. The highest BCUT2D eigenvalue weighted by Gasteiger charge is 2.33. The van der Waals surface area contributed by atoms with E-state index in [4.69, 9.17) is 9.47 Å². The van der Waals surface area contributed by atoms with Crippen LogP contribution in [0, 0.1) is 5.92 Å². The molecule has 2 aliphatic rings. The second-order valence-electron chi connectivity index (χ2n) is 6.00. The van der Waals surface area contributed by atoms with Gasteiger partial charge < -0.3 is 19.7 Å². The molecule has 1 N–H and O–H groups in total. The minimum absolute atomic E-state index is 0.143. The SMILES string of the molecule is CCC1Nc2cc3c(cc2N(CCC(C)C)C1=O)OCO3. The Balaban J connectivity index is 1.97. The van der Waals surface area contributed by atoms with Crippen LogP contribution in [-0.4, -0.2) is 25.3 Å². The van der Waals surface area contributed by atoms with Crippen LogP contribution in [-0.2, 0) is 4.79 Å². The Morgan fingerprint density at radius 1 is 1.33 bits per heavy atom. The van der Waals surface area contributed by atoms with Gasteiger partial charge in [0.25, 0.3) is 0 Å². The van der Waals surface area contributed by atoms with Crippen molar-refractivity contribution < 1.29 is 14.3 Å². The molecule has 1 atom stereocenters. The van der Waals surface area contributed by atoms with E-state index < -0.39 is 0 Å². The third-order valence-electron chi connectivity index (χ3n) is 4.01. The normalized spacial score (nSPS) is 19.7. The van der Waals surface area contributed by atoms with Gasteiger partial charge in [0.15, 0.2) is 11.5 Å². The van der Waals surface area contributed by atoms with Crippen LogP contribution in [0.4, 0.5) is 11.4 Å². The minimum Gasteiger partial charge on any atom is -0.454 e. The summed E-state index contributed by atoms with van der Waals surface area (Å²) in [6.45, 7) is 7.35. The van der Waals surface area contributed by atoms with Crippen LogP contribution in [0.25, 0.3) is 0 Å². The molecule has 1 unspecified atom stereocenters. The zero-order chi connectivity index (χ0) is 15.0. The fourth-order valence-electron chi connectivity index (χ4n) is 2.72. The third-order valence-corrected chi connectivity index (χ3v) is 4.01. The van der Waals surface area contributed by atoms with Crippen molar-refractivity contribution in [3.63, 3.8) is 0 Å². The molecule has 1 aromatic rings. The van der Waals surface area contributed by atoms with Crippen LogP contribution in [0.15, 0.2) is 12.1 Å². The number of nitrogens with one attached hydrogen (secondary N) is 1. The second kappa shape index (κ2) is 5.47. The average molecular weight is 290 g/mol. The highest BCUT2D eigenvalue weighted by atomic mass is 16.7. The van der Waals surface area contributed by atoms with Gasteiger partial charge in [-0.3, -0.25) is 4.79 Å². The monoisotopic (exact) mass is 290 g/mol. The van der Waals surface area contributed by atoms with Crippen molar-refractivity contribution in [1.29, 1.82) is 0 Å². The Morgan fingerprint density at radius 3 is 2.71 bits per heavy atom. The van der Waals surface area contributed by atoms with Gasteiger partial charge in [0.1, 0.15) is 6.04 Å². The number of hydrogen-bond acceptors (Lipinski definition) is 4. The van der Waals surface area contributed by atoms with Gasteiger partial charge >= 0.3 is 0 Å². The van der Waals surface area contributed by atoms with Gasteiger partial charge in [-0.1, -0.05) is 20.8 Å². The highest BCUT2D eigenvalue weighted by molar-refractivity contribution is 6.05. The number of benzene rings is 1. The lowest BCUT2D eigenvalue weighted by Crippen LogP contribution is -2.47. The summed E-state index contributed by atoms with van der Waals surface area (Å²) in [7, 11) is 0. The lowest BCUT2D eigenvalue weighted by Gasteiger charge is -2.35. The maximum atomic E-state index is 12.6. The van der Waals surface area contributed by atoms with Crippen molar-refractivity contribution in [3.05, 3.63) is 12.1 Å². The van der Waals surface area contributed by atoms with E-state index >= 15 is 0 Å². The standard InChI is InChI=1S/C16H22N2O3/c1-4-11-16(19)18(6-5-10(2)3)13-8-15-14(20-9-21-15)7-12(13)17-11/h7-8,10-11,17H,4-6,9H2,1-3H3. The third kappa shape index (κ3) is 2.52. The fourth-order valence-corrected chi connectivity index (χ4v) is 2.72. The van der Waals surface area contributed by atoms with Crippen molar-refractivity contribution in [2.75, 3.05) is 23.6 Å². The highest BCUT2D eigenvalue weighted by Crippen LogP contribution is 2.43. The number of amides is 1. The predicted molar refractivity (Wildman–Crippen MR) is 82.1 cm³/mol. The molecular formula is C16H22N2O3. The topological polar surface area (TPSA) is 50.8 Å². The predicted octanol–water partition coefficient (Wildman–Crippen LogP) is 3.00. The smallest absolute Gasteiger partial charge is 0.249 e. The van der Waals surface area contributed by atoms with Crippen molar-refractivity contribution in [2.45, 2.75) is 39.7 Å². The van der Waals surface area contributed by atoms with Crippen LogP contribution >= 0.6 is 0 Å². The number of hydrogen-bond donors (Lipinski definition) is 1. The fraction of sp³-hybridized carbons (Fsp3) is 0.562. The van der Waals surface area contributed by atoms with Gasteiger partial charge in [-0.15, -0.1) is 0 Å². The molecule has 0 saturated heterocycles. The number of carbonyl (C=O) groups excluding carboxylic acids is 1. The zero-order valence-electron chi connectivity index (χ0n) is 12.8. The summed E-state index contributed by atoms with van der Waals surface area (Å²) in [5.74, 6) is 2.16. The molecule has 1 amide bonds. The van der Waals surface area contributed by atoms with Gasteiger partial charge in [-0.2, -0.15) is 0 Å². The summed E-state index contributed by atoms with van der Waals surface area (Å²) in [5.41, 5.74) is 1.85. The van der Waals surface area contributed by atoms with Crippen LogP contribution in [0.3, 0.4) is 0 Å². The number of nitrogens with zero attached hydrogens (tertiary/aromatic N) is 1. The molecule has 0 aliphatic carbocycles. The molecule has 0 fully saturated rings. The molecule has 0 saturated carbocycles. The Morgan fingerprint density at radius 2 is 2.05 bits per heavy atom. The van der Waals surface area contributed by atoms with E-state index in [9.17, 15) is 4.79 Å². The lowest BCUT2D eigenvalue weighted by molar-refractivity contribution is -0.119. The molecule has 0 radical (unpaired) electrons. The Labute approximate surface area is 125 Å². The first-order valence-electron chi connectivity index (χ1n) is 7.61. The average Bonchev–Trinajstić information content (AvgIpc) is 2.90. The number of rotatable bonds is 4. The molecule has 114 valence electrons. The van der Waals surface area contributed by atoms with E-state index in [1.54, 1.807) is 0 Å². The van der Waals surface area contributed by atoms with E-state index in [0.717, 1.165) is 36.5 Å². The molecule has 2 heterocycles. The second-order valence-corrected chi connectivity index (χ2v) is 6.00. The van der Waals surface area contributed by atoms with Crippen LogP contribution < -0.4 is 19.7 Å². The molecule has 3 rings (SSSR count). The lowest BCUT2D eigenvalue weighted by atomic mass is 10.0. The number of carbonyl (C=O) groups is 1. The van der Waals surface area contributed by atoms with Gasteiger partial charge in [0.2, 0.25) is 12.7 Å². The minimum atomic E-state index is -0.162. The van der Waals surface area contributed by atoms with Gasteiger partial charge in [-0.05, 0) is 18.8 Å². The van der Waals surface area contributed by atoms with Crippen molar-refractivity contribution in [3.8, 4) is 11.5 Å². The maximum absolute atomic E-state index is 12.6. The molecule has 5 nitrogen and oxygen atoms in total. The van der Waals surface area contributed by atoms with Crippen LogP contribution in [0.2, 0.25) is 0 Å². The molecule has 2 aliphatic heterocycles. The van der Waals surface area contributed by atoms with E-state index in [-0.39, 0.29) is 18.7 Å². The van der Waals surface area contributed by atoms with Gasteiger partial charge in [0, 0.05) is 18.7 Å².